The second-order valence-corrected chi connectivity index (χ2v) is 7.67. The summed E-state index contributed by atoms with van der Waals surface area (Å²) in [5.41, 5.74) is 0.512. The predicted octanol–water partition coefficient (Wildman–Crippen LogP) is 1.62. The first-order chi connectivity index (χ1) is 12.2. The minimum Gasteiger partial charge on any atom is -0.371 e. The predicted molar refractivity (Wildman–Crippen MR) is 91.9 cm³/mol. The van der Waals surface area contributed by atoms with Crippen molar-refractivity contribution in [3.8, 4) is 0 Å². The molecule has 1 aliphatic carbocycles. The number of carbonyl (C=O) groups is 2. The number of hydrogen-bond donors (Lipinski definition) is 1. The van der Waals surface area contributed by atoms with Crippen LogP contribution in [0.15, 0.2) is 24.5 Å². The lowest BCUT2D eigenvalue weighted by molar-refractivity contribution is -0.192. The minimum atomic E-state index is -0.120. The Morgan fingerprint density at radius 2 is 2.00 bits per heavy atom. The molecule has 1 aromatic rings. The Balaban J connectivity index is 1.19. The van der Waals surface area contributed by atoms with E-state index in [1.54, 1.807) is 24.5 Å². The van der Waals surface area contributed by atoms with Crippen molar-refractivity contribution in [2.75, 3.05) is 26.2 Å². The molecule has 3 aliphatic rings. The Morgan fingerprint density at radius 1 is 1.24 bits per heavy atom. The summed E-state index contributed by atoms with van der Waals surface area (Å²) >= 11 is 0. The number of amides is 2. The minimum absolute atomic E-state index is 0.0661. The third-order valence-electron chi connectivity index (χ3n) is 5.85. The normalized spacial score (nSPS) is 25.1. The van der Waals surface area contributed by atoms with E-state index in [2.05, 4.69) is 10.3 Å². The third kappa shape index (κ3) is 3.40. The Morgan fingerprint density at radius 3 is 2.60 bits per heavy atom. The summed E-state index contributed by atoms with van der Waals surface area (Å²) in [7, 11) is 0. The SMILES string of the molecule is O=C(NC[C@@H]1CCC2(CN(C(=O)C3CCC3)C2)OC1)c1ccncc1. The maximum absolute atomic E-state index is 12.2. The van der Waals surface area contributed by atoms with Crippen LogP contribution in [0.5, 0.6) is 0 Å². The van der Waals surface area contributed by atoms with Crippen molar-refractivity contribution in [2.24, 2.45) is 11.8 Å². The van der Waals surface area contributed by atoms with Crippen LogP contribution in [-0.2, 0) is 9.53 Å². The van der Waals surface area contributed by atoms with Crippen LogP contribution in [-0.4, -0.2) is 53.5 Å². The van der Waals surface area contributed by atoms with E-state index in [0.29, 0.717) is 30.5 Å². The number of carbonyl (C=O) groups excluding carboxylic acids is 2. The number of nitrogens with zero attached hydrogens (tertiary/aromatic N) is 2. The number of pyridine rings is 1. The van der Waals surface area contributed by atoms with Crippen LogP contribution in [0.2, 0.25) is 0 Å². The molecule has 2 aliphatic heterocycles. The van der Waals surface area contributed by atoms with E-state index in [9.17, 15) is 9.59 Å². The number of aromatic nitrogens is 1. The molecule has 0 bridgehead atoms. The highest BCUT2D eigenvalue weighted by atomic mass is 16.5. The lowest BCUT2D eigenvalue weighted by Gasteiger charge is -2.54. The maximum Gasteiger partial charge on any atom is 0.251 e. The zero-order valence-electron chi connectivity index (χ0n) is 14.4. The zero-order chi connectivity index (χ0) is 17.3. The highest BCUT2D eigenvalue weighted by Crippen LogP contribution is 2.38. The summed E-state index contributed by atoms with van der Waals surface area (Å²) < 4.78 is 6.11. The topological polar surface area (TPSA) is 71.5 Å². The molecule has 0 aromatic carbocycles. The fourth-order valence-electron chi connectivity index (χ4n) is 3.89. The van der Waals surface area contributed by atoms with Gasteiger partial charge in [0.1, 0.15) is 5.60 Å². The van der Waals surface area contributed by atoms with Gasteiger partial charge in [-0.15, -0.1) is 0 Å². The molecule has 134 valence electrons. The van der Waals surface area contributed by atoms with Gasteiger partial charge >= 0.3 is 0 Å². The smallest absolute Gasteiger partial charge is 0.251 e. The summed E-state index contributed by atoms with van der Waals surface area (Å²) in [4.78, 5) is 30.2. The van der Waals surface area contributed by atoms with E-state index in [1.165, 1.54) is 6.42 Å². The van der Waals surface area contributed by atoms with Crippen molar-refractivity contribution in [3.05, 3.63) is 30.1 Å². The molecule has 1 spiro atoms. The molecule has 2 amide bonds. The van der Waals surface area contributed by atoms with Crippen molar-refractivity contribution in [1.82, 2.24) is 15.2 Å². The van der Waals surface area contributed by atoms with Crippen molar-refractivity contribution in [2.45, 2.75) is 37.7 Å². The van der Waals surface area contributed by atoms with Crippen LogP contribution >= 0.6 is 0 Å². The van der Waals surface area contributed by atoms with Gasteiger partial charge in [0, 0.05) is 30.4 Å². The molecule has 1 N–H and O–H groups in total. The molecule has 2 saturated heterocycles. The molecule has 4 rings (SSSR count). The van der Waals surface area contributed by atoms with Crippen LogP contribution in [0.4, 0.5) is 0 Å². The van der Waals surface area contributed by atoms with Gasteiger partial charge in [-0.1, -0.05) is 6.42 Å². The van der Waals surface area contributed by atoms with Gasteiger partial charge in [0.25, 0.3) is 5.91 Å². The number of nitrogens with one attached hydrogen (secondary N) is 1. The summed E-state index contributed by atoms with van der Waals surface area (Å²) in [5, 5.41) is 2.98. The summed E-state index contributed by atoms with van der Waals surface area (Å²) in [6.07, 6.45) is 8.55. The first-order valence-electron chi connectivity index (χ1n) is 9.26. The Labute approximate surface area is 147 Å². The molecule has 3 heterocycles. The number of rotatable bonds is 4. The molecule has 25 heavy (non-hydrogen) atoms. The van der Waals surface area contributed by atoms with Gasteiger partial charge in [-0.3, -0.25) is 14.6 Å². The van der Waals surface area contributed by atoms with Crippen molar-refractivity contribution in [3.63, 3.8) is 0 Å². The lowest BCUT2D eigenvalue weighted by Crippen LogP contribution is -2.67. The fraction of sp³-hybridized carbons (Fsp3) is 0.632. The standard InChI is InChI=1S/C19H25N3O3/c23-17(15-5-8-20-9-6-15)21-10-14-4-7-19(25-11-14)12-22(13-19)18(24)16-2-1-3-16/h5-6,8-9,14,16H,1-4,7,10-13H2,(H,21,23)/t14-/m0/s1. The van der Waals surface area contributed by atoms with Gasteiger partial charge in [-0.2, -0.15) is 0 Å². The van der Waals surface area contributed by atoms with E-state index in [1.807, 2.05) is 4.90 Å². The molecular weight excluding hydrogens is 318 g/mol. The van der Waals surface area contributed by atoms with E-state index in [-0.39, 0.29) is 17.4 Å². The van der Waals surface area contributed by atoms with E-state index >= 15 is 0 Å². The molecule has 1 aromatic heterocycles. The van der Waals surface area contributed by atoms with Gasteiger partial charge in [-0.25, -0.2) is 0 Å². The highest BCUT2D eigenvalue weighted by Gasteiger charge is 2.49. The quantitative estimate of drug-likeness (QED) is 0.902. The van der Waals surface area contributed by atoms with Gasteiger partial charge in [0.05, 0.1) is 19.7 Å². The molecule has 1 saturated carbocycles. The molecule has 3 fully saturated rings. The largest absolute Gasteiger partial charge is 0.371 e. The molecule has 0 radical (unpaired) electrons. The third-order valence-corrected chi connectivity index (χ3v) is 5.85. The zero-order valence-corrected chi connectivity index (χ0v) is 14.4. The number of likely N-dealkylation sites (tertiary alicyclic amines) is 1. The molecule has 0 unspecified atom stereocenters. The van der Waals surface area contributed by atoms with Gasteiger partial charge < -0.3 is 15.0 Å². The van der Waals surface area contributed by atoms with Gasteiger partial charge in [0.2, 0.25) is 5.91 Å². The van der Waals surface area contributed by atoms with E-state index < -0.39 is 0 Å². The highest BCUT2D eigenvalue weighted by molar-refractivity contribution is 5.93. The van der Waals surface area contributed by atoms with Crippen LogP contribution in [0, 0.1) is 11.8 Å². The summed E-state index contributed by atoms with van der Waals surface area (Å²) in [6.45, 7) is 2.78. The average Bonchev–Trinajstić information content (AvgIpc) is 2.57. The first kappa shape index (κ1) is 16.5. The lowest BCUT2D eigenvalue weighted by atomic mass is 9.79. The monoisotopic (exact) mass is 343 g/mol. The molecule has 1 atom stereocenters. The first-order valence-corrected chi connectivity index (χ1v) is 9.26. The number of hydrogen-bond acceptors (Lipinski definition) is 4. The second kappa shape index (κ2) is 6.75. The Kier molecular flexibility index (Phi) is 4.46. The van der Waals surface area contributed by atoms with E-state index in [0.717, 1.165) is 38.8 Å². The van der Waals surface area contributed by atoms with Crippen molar-refractivity contribution < 1.29 is 14.3 Å². The molecular formula is C19H25N3O3. The summed E-state index contributed by atoms with van der Waals surface area (Å²) in [6, 6.07) is 3.42. The van der Waals surface area contributed by atoms with Crippen molar-refractivity contribution in [1.29, 1.82) is 0 Å². The Bertz CT molecular complexity index is 629. The van der Waals surface area contributed by atoms with Crippen LogP contribution in [0.25, 0.3) is 0 Å². The molecule has 6 nitrogen and oxygen atoms in total. The Hall–Kier alpha value is -1.95. The average molecular weight is 343 g/mol. The number of ether oxygens (including phenoxy) is 1. The summed E-state index contributed by atoms with van der Waals surface area (Å²) in [5.74, 6) is 0.876. The fourth-order valence-corrected chi connectivity index (χ4v) is 3.89. The maximum atomic E-state index is 12.2. The van der Waals surface area contributed by atoms with Gasteiger partial charge in [0.15, 0.2) is 0 Å². The second-order valence-electron chi connectivity index (χ2n) is 7.67. The van der Waals surface area contributed by atoms with Gasteiger partial charge in [-0.05, 0) is 43.7 Å². The van der Waals surface area contributed by atoms with Crippen LogP contribution in [0.1, 0.15) is 42.5 Å². The molecule has 6 heteroatoms. The van der Waals surface area contributed by atoms with Crippen molar-refractivity contribution >= 4 is 11.8 Å². The van der Waals surface area contributed by atoms with Crippen LogP contribution in [0.3, 0.4) is 0 Å². The van der Waals surface area contributed by atoms with E-state index in [4.69, 9.17) is 4.74 Å². The van der Waals surface area contributed by atoms with Crippen LogP contribution < -0.4 is 5.32 Å².